The molecule has 0 spiro atoms. The average molecular weight is 235 g/mol. The van der Waals surface area contributed by atoms with Gasteiger partial charge in [0.1, 0.15) is 11.3 Å². The van der Waals surface area contributed by atoms with E-state index in [2.05, 4.69) is 0 Å². The Hall–Kier alpha value is -1.55. The Morgan fingerprint density at radius 1 is 1.47 bits per heavy atom. The Morgan fingerprint density at radius 3 is 2.82 bits per heavy atom. The lowest BCUT2D eigenvalue weighted by atomic mass is 9.83. The number of nitrogens with two attached hydrogens (primary N) is 1. The minimum Gasteiger partial charge on any atom is -0.493 e. The molecule has 92 valence electrons. The first-order valence-corrected chi connectivity index (χ1v) is 5.61. The lowest BCUT2D eigenvalue weighted by molar-refractivity contribution is -0.148. The van der Waals surface area contributed by atoms with Gasteiger partial charge >= 0.3 is 5.97 Å². The third-order valence-corrected chi connectivity index (χ3v) is 3.45. The van der Waals surface area contributed by atoms with E-state index in [1.807, 2.05) is 26.0 Å². The van der Waals surface area contributed by atoms with Gasteiger partial charge in [0.15, 0.2) is 0 Å². The normalized spacial score (nSPS) is 22.6. The minimum atomic E-state index is -1.08. The highest BCUT2D eigenvalue weighted by Crippen LogP contribution is 2.39. The quantitative estimate of drug-likeness (QED) is 0.748. The van der Waals surface area contributed by atoms with Crippen molar-refractivity contribution in [3.8, 4) is 5.75 Å². The van der Waals surface area contributed by atoms with Crippen LogP contribution in [0, 0.1) is 13.8 Å². The lowest BCUT2D eigenvalue weighted by Crippen LogP contribution is -2.49. The first kappa shape index (κ1) is 11.9. The second-order valence-electron chi connectivity index (χ2n) is 4.45. The molecule has 17 heavy (non-hydrogen) atoms. The molecule has 0 fully saturated rings. The number of aryl methyl sites for hydroxylation is 1. The SMILES string of the molecule is COC(=O)C1(N)CCOc2c1ccc(C)c2C. The third kappa shape index (κ3) is 1.69. The van der Waals surface area contributed by atoms with Crippen LogP contribution in [0.4, 0.5) is 0 Å². The van der Waals surface area contributed by atoms with Crippen molar-refractivity contribution in [1.82, 2.24) is 0 Å². The maximum atomic E-state index is 11.8. The number of fused-ring (bicyclic) bond motifs is 1. The maximum absolute atomic E-state index is 11.8. The molecule has 1 unspecified atom stereocenters. The average Bonchev–Trinajstić information content (AvgIpc) is 2.33. The molecule has 4 nitrogen and oxygen atoms in total. The fraction of sp³-hybridized carbons (Fsp3) is 0.462. The number of hydrogen-bond donors (Lipinski definition) is 1. The van der Waals surface area contributed by atoms with Crippen molar-refractivity contribution in [2.24, 2.45) is 5.73 Å². The third-order valence-electron chi connectivity index (χ3n) is 3.45. The molecule has 0 radical (unpaired) electrons. The van der Waals surface area contributed by atoms with Crippen LogP contribution in [0.1, 0.15) is 23.1 Å². The Bertz CT molecular complexity index is 470. The van der Waals surface area contributed by atoms with Gasteiger partial charge in [-0.05, 0) is 25.0 Å². The summed E-state index contributed by atoms with van der Waals surface area (Å²) in [5.41, 5.74) is 7.98. The molecular weight excluding hydrogens is 218 g/mol. The van der Waals surface area contributed by atoms with Gasteiger partial charge < -0.3 is 15.2 Å². The van der Waals surface area contributed by atoms with Gasteiger partial charge in [-0.15, -0.1) is 0 Å². The highest BCUT2D eigenvalue weighted by atomic mass is 16.5. The first-order valence-electron chi connectivity index (χ1n) is 5.61. The van der Waals surface area contributed by atoms with Gasteiger partial charge in [0.25, 0.3) is 0 Å². The molecule has 2 N–H and O–H groups in total. The number of carbonyl (C=O) groups excluding carboxylic acids is 1. The van der Waals surface area contributed by atoms with Gasteiger partial charge in [0, 0.05) is 12.0 Å². The Kier molecular flexibility index (Phi) is 2.83. The standard InChI is InChI=1S/C13H17NO3/c1-8-4-5-10-11(9(8)2)17-7-6-13(10,14)12(15)16-3/h4-5H,6-7,14H2,1-3H3. The molecule has 0 aliphatic carbocycles. The predicted octanol–water partition coefficient (Wildman–Crippen LogP) is 1.41. The van der Waals surface area contributed by atoms with Crippen LogP contribution in [-0.2, 0) is 15.1 Å². The number of rotatable bonds is 1. The van der Waals surface area contributed by atoms with E-state index in [1.165, 1.54) is 7.11 Å². The van der Waals surface area contributed by atoms with Crippen LogP contribution in [0.15, 0.2) is 12.1 Å². The summed E-state index contributed by atoms with van der Waals surface area (Å²) in [6, 6.07) is 3.81. The zero-order valence-electron chi connectivity index (χ0n) is 10.4. The second kappa shape index (κ2) is 4.04. The summed E-state index contributed by atoms with van der Waals surface area (Å²) >= 11 is 0. The largest absolute Gasteiger partial charge is 0.493 e. The van der Waals surface area contributed by atoms with Gasteiger partial charge in [0.2, 0.25) is 0 Å². The van der Waals surface area contributed by atoms with Crippen LogP contribution in [-0.4, -0.2) is 19.7 Å². The van der Waals surface area contributed by atoms with Gasteiger partial charge in [0.05, 0.1) is 13.7 Å². The van der Waals surface area contributed by atoms with Crippen molar-refractivity contribution in [1.29, 1.82) is 0 Å². The van der Waals surface area contributed by atoms with E-state index < -0.39 is 11.5 Å². The van der Waals surface area contributed by atoms with E-state index in [9.17, 15) is 4.79 Å². The zero-order chi connectivity index (χ0) is 12.6. The molecule has 1 aliphatic rings. The molecule has 1 aromatic carbocycles. The van der Waals surface area contributed by atoms with Gasteiger partial charge in [-0.3, -0.25) is 0 Å². The van der Waals surface area contributed by atoms with Gasteiger partial charge in [-0.2, -0.15) is 0 Å². The van der Waals surface area contributed by atoms with Crippen molar-refractivity contribution >= 4 is 5.97 Å². The van der Waals surface area contributed by atoms with Gasteiger partial charge in [-0.25, -0.2) is 4.79 Å². The van der Waals surface area contributed by atoms with Crippen molar-refractivity contribution in [2.75, 3.05) is 13.7 Å². The highest BCUT2D eigenvalue weighted by molar-refractivity contribution is 5.84. The lowest BCUT2D eigenvalue weighted by Gasteiger charge is -2.34. The molecule has 1 aromatic rings. The summed E-state index contributed by atoms with van der Waals surface area (Å²) in [7, 11) is 1.35. The zero-order valence-corrected chi connectivity index (χ0v) is 10.4. The second-order valence-corrected chi connectivity index (χ2v) is 4.45. The summed E-state index contributed by atoms with van der Waals surface area (Å²) in [5.74, 6) is 0.314. The van der Waals surface area contributed by atoms with Crippen LogP contribution in [0.5, 0.6) is 5.75 Å². The molecule has 2 rings (SSSR count). The topological polar surface area (TPSA) is 61.5 Å². The fourth-order valence-electron chi connectivity index (χ4n) is 2.17. The molecule has 1 atom stereocenters. The highest BCUT2D eigenvalue weighted by Gasteiger charge is 2.42. The number of esters is 1. The molecule has 0 bridgehead atoms. The Labute approximate surface area is 101 Å². The van der Waals surface area contributed by atoms with E-state index in [0.29, 0.717) is 13.0 Å². The number of hydrogen-bond acceptors (Lipinski definition) is 4. The van der Waals surface area contributed by atoms with E-state index in [4.69, 9.17) is 15.2 Å². The number of ether oxygens (including phenoxy) is 2. The molecule has 1 aliphatic heterocycles. The summed E-state index contributed by atoms with van der Waals surface area (Å²) in [5, 5.41) is 0. The molecule has 0 amide bonds. The number of carbonyl (C=O) groups is 1. The van der Waals surface area contributed by atoms with Gasteiger partial charge in [-0.1, -0.05) is 12.1 Å². The summed E-state index contributed by atoms with van der Waals surface area (Å²) in [4.78, 5) is 11.8. The van der Waals surface area contributed by atoms with Crippen molar-refractivity contribution in [2.45, 2.75) is 25.8 Å². The van der Waals surface area contributed by atoms with Crippen LogP contribution >= 0.6 is 0 Å². The van der Waals surface area contributed by atoms with E-state index in [0.717, 1.165) is 22.4 Å². The number of methoxy groups -OCH3 is 1. The Balaban J connectivity index is 2.60. The Morgan fingerprint density at radius 2 is 2.18 bits per heavy atom. The smallest absolute Gasteiger partial charge is 0.330 e. The molecule has 0 aromatic heterocycles. The van der Waals surface area contributed by atoms with Crippen LogP contribution in [0.3, 0.4) is 0 Å². The molecule has 1 heterocycles. The van der Waals surface area contributed by atoms with Crippen molar-refractivity contribution in [3.63, 3.8) is 0 Å². The van der Waals surface area contributed by atoms with Crippen molar-refractivity contribution < 1.29 is 14.3 Å². The summed E-state index contributed by atoms with van der Waals surface area (Å²) < 4.78 is 10.4. The molecule has 0 saturated carbocycles. The fourth-order valence-corrected chi connectivity index (χ4v) is 2.17. The van der Waals surface area contributed by atoms with Crippen LogP contribution in [0.25, 0.3) is 0 Å². The number of benzene rings is 1. The molecule has 4 heteroatoms. The first-order chi connectivity index (χ1) is 8.00. The van der Waals surface area contributed by atoms with Crippen molar-refractivity contribution in [3.05, 3.63) is 28.8 Å². The monoisotopic (exact) mass is 235 g/mol. The summed E-state index contributed by atoms with van der Waals surface area (Å²) in [6.45, 7) is 4.41. The molecule has 0 saturated heterocycles. The maximum Gasteiger partial charge on any atom is 0.330 e. The summed E-state index contributed by atoms with van der Waals surface area (Å²) in [6.07, 6.45) is 0.440. The minimum absolute atomic E-state index is 0.412. The van der Waals surface area contributed by atoms with Crippen LogP contribution < -0.4 is 10.5 Å². The van der Waals surface area contributed by atoms with E-state index in [-0.39, 0.29) is 0 Å². The van der Waals surface area contributed by atoms with Crippen LogP contribution in [0.2, 0.25) is 0 Å². The van der Waals surface area contributed by atoms with E-state index in [1.54, 1.807) is 0 Å². The predicted molar refractivity (Wildman–Crippen MR) is 63.9 cm³/mol. The molecular formula is C13H17NO3. The van der Waals surface area contributed by atoms with E-state index >= 15 is 0 Å².